The molecule has 0 unspecified atom stereocenters. The van der Waals surface area contributed by atoms with E-state index in [2.05, 4.69) is 17.2 Å². The molecular formula is C21H28N4O6. The van der Waals surface area contributed by atoms with Gasteiger partial charge in [-0.15, -0.1) is 0 Å². The third-order valence-corrected chi connectivity index (χ3v) is 4.49. The fourth-order valence-corrected chi connectivity index (χ4v) is 2.85. The predicted octanol–water partition coefficient (Wildman–Crippen LogP) is 0.874. The van der Waals surface area contributed by atoms with E-state index in [0.29, 0.717) is 38.8 Å². The van der Waals surface area contributed by atoms with Crippen LogP contribution in [0.4, 0.5) is 0 Å². The summed E-state index contributed by atoms with van der Waals surface area (Å²) >= 11 is 0. The molecule has 168 valence electrons. The summed E-state index contributed by atoms with van der Waals surface area (Å²) in [7, 11) is 0. The van der Waals surface area contributed by atoms with E-state index in [0.717, 1.165) is 32.0 Å². The van der Waals surface area contributed by atoms with Crippen molar-refractivity contribution in [2.75, 3.05) is 13.1 Å². The zero-order valence-electron chi connectivity index (χ0n) is 17.5. The standard InChI is InChI=1S/C11H15N3O3.C10H13NO3/c1-12-13-9(15)5-3-2-4-8-14-10(16)6-7-11(14)17;12-8-4-2-1-3-7-11-9(13)5-6-10(11)14/h6-7H,1-5,8H2,(H,13,15);5-6,8H,1-4,7H2. The third kappa shape index (κ3) is 9.75. The number of rotatable bonds is 13. The highest BCUT2D eigenvalue weighted by Crippen LogP contribution is 2.08. The molecule has 5 amide bonds. The Morgan fingerprint density at radius 3 is 1.68 bits per heavy atom. The van der Waals surface area contributed by atoms with E-state index in [9.17, 15) is 28.8 Å². The average molecular weight is 432 g/mol. The first-order chi connectivity index (χ1) is 14.9. The van der Waals surface area contributed by atoms with Crippen LogP contribution in [0.2, 0.25) is 0 Å². The lowest BCUT2D eigenvalue weighted by atomic mass is 10.2. The molecule has 31 heavy (non-hydrogen) atoms. The Labute approximate surface area is 181 Å². The molecule has 0 radical (unpaired) electrons. The van der Waals surface area contributed by atoms with Crippen LogP contribution in [0.15, 0.2) is 29.4 Å². The lowest BCUT2D eigenvalue weighted by Gasteiger charge is -2.12. The SMILES string of the molecule is C=NNC(=O)CCCCCN1C(=O)C=CC1=O.O=CCCCCCN1C(=O)C=CC1=O. The Balaban J connectivity index is 0.000000316. The Bertz CT molecular complexity index is 723. The van der Waals surface area contributed by atoms with Crippen molar-refractivity contribution >= 4 is 42.5 Å². The maximum atomic E-state index is 11.2. The van der Waals surface area contributed by atoms with Gasteiger partial charge in [0.25, 0.3) is 23.6 Å². The molecule has 1 N–H and O–H groups in total. The van der Waals surface area contributed by atoms with Crippen LogP contribution in [-0.2, 0) is 28.8 Å². The molecular weight excluding hydrogens is 404 g/mol. The van der Waals surface area contributed by atoms with Crippen molar-refractivity contribution in [3.8, 4) is 0 Å². The highest BCUT2D eigenvalue weighted by molar-refractivity contribution is 6.13. The number of amides is 5. The van der Waals surface area contributed by atoms with Crippen molar-refractivity contribution in [1.82, 2.24) is 15.2 Å². The molecule has 2 rings (SSSR count). The lowest BCUT2D eigenvalue weighted by Crippen LogP contribution is -2.30. The van der Waals surface area contributed by atoms with Gasteiger partial charge in [-0.3, -0.25) is 33.8 Å². The quantitative estimate of drug-likeness (QED) is 0.151. The van der Waals surface area contributed by atoms with Gasteiger partial charge in [-0.05, 0) is 25.7 Å². The molecule has 10 nitrogen and oxygen atoms in total. The molecule has 0 aromatic heterocycles. The van der Waals surface area contributed by atoms with Gasteiger partial charge in [-0.1, -0.05) is 12.8 Å². The van der Waals surface area contributed by atoms with Gasteiger partial charge in [0.15, 0.2) is 0 Å². The van der Waals surface area contributed by atoms with Gasteiger partial charge in [0, 0.05) is 57.0 Å². The first-order valence-corrected chi connectivity index (χ1v) is 10.2. The molecule has 0 saturated carbocycles. The van der Waals surface area contributed by atoms with Crippen molar-refractivity contribution in [3.63, 3.8) is 0 Å². The maximum absolute atomic E-state index is 11.2. The van der Waals surface area contributed by atoms with Gasteiger partial charge in [-0.25, -0.2) is 5.43 Å². The summed E-state index contributed by atoms with van der Waals surface area (Å²) in [6.45, 7) is 4.01. The fraction of sp³-hybridized carbons (Fsp3) is 0.476. The zero-order valence-corrected chi connectivity index (χ0v) is 17.5. The molecule has 2 aliphatic heterocycles. The lowest BCUT2D eigenvalue weighted by molar-refractivity contribution is -0.138. The predicted molar refractivity (Wildman–Crippen MR) is 112 cm³/mol. The van der Waals surface area contributed by atoms with Gasteiger partial charge in [0.2, 0.25) is 5.91 Å². The van der Waals surface area contributed by atoms with Crippen LogP contribution in [0.5, 0.6) is 0 Å². The maximum Gasteiger partial charge on any atom is 0.253 e. The van der Waals surface area contributed by atoms with Crippen LogP contribution in [0.25, 0.3) is 0 Å². The van der Waals surface area contributed by atoms with Gasteiger partial charge in [0.1, 0.15) is 6.29 Å². The third-order valence-electron chi connectivity index (χ3n) is 4.49. The molecule has 0 aromatic rings. The summed E-state index contributed by atoms with van der Waals surface area (Å²) in [5, 5.41) is 3.26. The van der Waals surface area contributed by atoms with Gasteiger partial charge in [0.05, 0.1) is 0 Å². The van der Waals surface area contributed by atoms with E-state index in [-0.39, 0.29) is 29.5 Å². The van der Waals surface area contributed by atoms with E-state index < -0.39 is 0 Å². The number of carbonyl (C=O) groups excluding carboxylic acids is 6. The smallest absolute Gasteiger partial charge is 0.253 e. The highest BCUT2D eigenvalue weighted by Gasteiger charge is 2.22. The number of hydrogen-bond acceptors (Lipinski definition) is 7. The second kappa shape index (κ2) is 14.5. The van der Waals surface area contributed by atoms with Crippen LogP contribution in [0.1, 0.15) is 51.4 Å². The Kier molecular flexibility index (Phi) is 12.0. The van der Waals surface area contributed by atoms with E-state index in [1.165, 1.54) is 34.1 Å². The molecule has 2 aliphatic rings. The van der Waals surface area contributed by atoms with Crippen LogP contribution in [0, 0.1) is 0 Å². The topological polar surface area (TPSA) is 133 Å². The zero-order chi connectivity index (χ0) is 23.1. The fourth-order valence-electron chi connectivity index (χ4n) is 2.85. The summed E-state index contributed by atoms with van der Waals surface area (Å²) in [6, 6.07) is 0. The molecule has 2 heterocycles. The number of carbonyl (C=O) groups is 6. The monoisotopic (exact) mass is 432 g/mol. The molecule has 0 aliphatic carbocycles. The molecule has 0 bridgehead atoms. The van der Waals surface area contributed by atoms with Crippen molar-refractivity contribution in [2.24, 2.45) is 5.10 Å². The minimum absolute atomic E-state index is 0.171. The van der Waals surface area contributed by atoms with E-state index in [1.807, 2.05) is 0 Å². The van der Waals surface area contributed by atoms with Crippen LogP contribution < -0.4 is 5.43 Å². The molecule has 0 fully saturated rings. The minimum Gasteiger partial charge on any atom is -0.303 e. The summed E-state index contributed by atoms with van der Waals surface area (Å²) < 4.78 is 0. The number of nitrogens with one attached hydrogen (secondary N) is 1. The van der Waals surface area contributed by atoms with Crippen molar-refractivity contribution in [3.05, 3.63) is 24.3 Å². The molecule has 10 heteroatoms. The van der Waals surface area contributed by atoms with E-state index in [1.54, 1.807) is 0 Å². The Morgan fingerprint density at radius 1 is 0.806 bits per heavy atom. The summed E-state index contributed by atoms with van der Waals surface area (Å²) in [6.07, 6.45) is 11.6. The van der Waals surface area contributed by atoms with E-state index in [4.69, 9.17) is 0 Å². The highest BCUT2D eigenvalue weighted by atomic mass is 16.2. The van der Waals surface area contributed by atoms with Gasteiger partial charge >= 0.3 is 0 Å². The number of hydrogen-bond donors (Lipinski definition) is 1. The second-order valence-electron chi connectivity index (χ2n) is 6.84. The van der Waals surface area contributed by atoms with Gasteiger partial charge < -0.3 is 4.79 Å². The van der Waals surface area contributed by atoms with E-state index >= 15 is 0 Å². The second-order valence-corrected chi connectivity index (χ2v) is 6.84. The van der Waals surface area contributed by atoms with Crippen LogP contribution >= 0.6 is 0 Å². The number of nitrogens with zero attached hydrogens (tertiary/aromatic N) is 3. The number of aldehydes is 1. The summed E-state index contributed by atoms with van der Waals surface area (Å²) in [5.41, 5.74) is 2.24. The Morgan fingerprint density at radius 2 is 1.26 bits per heavy atom. The number of unbranched alkanes of at least 4 members (excludes halogenated alkanes) is 5. The van der Waals surface area contributed by atoms with Crippen molar-refractivity contribution in [2.45, 2.75) is 51.4 Å². The van der Waals surface area contributed by atoms with Crippen molar-refractivity contribution in [1.29, 1.82) is 0 Å². The average Bonchev–Trinajstić information content (AvgIpc) is 3.23. The largest absolute Gasteiger partial charge is 0.303 e. The first-order valence-electron chi connectivity index (χ1n) is 10.2. The number of imide groups is 2. The number of hydrazone groups is 1. The Hall–Kier alpha value is -3.43. The van der Waals surface area contributed by atoms with Crippen LogP contribution in [-0.4, -0.2) is 65.4 Å². The summed E-state index contributed by atoms with van der Waals surface area (Å²) in [4.78, 5) is 67.9. The molecule has 0 saturated heterocycles. The molecule has 0 atom stereocenters. The minimum atomic E-state index is -0.261. The first kappa shape index (κ1) is 25.6. The molecule has 0 aromatic carbocycles. The van der Waals surface area contributed by atoms with Crippen LogP contribution in [0.3, 0.4) is 0 Å². The summed E-state index contributed by atoms with van der Waals surface area (Å²) in [5.74, 6) is -1.15. The normalized spacial score (nSPS) is 14.7. The molecule has 0 spiro atoms. The van der Waals surface area contributed by atoms with Gasteiger partial charge in [-0.2, -0.15) is 5.10 Å². The van der Waals surface area contributed by atoms with Crippen molar-refractivity contribution < 1.29 is 28.8 Å².